The first-order chi connectivity index (χ1) is 8.27. The highest BCUT2D eigenvalue weighted by Gasteiger charge is 2.11. The summed E-state index contributed by atoms with van der Waals surface area (Å²) in [5, 5.41) is 0. The van der Waals surface area contributed by atoms with Crippen molar-refractivity contribution in [2.45, 2.75) is 19.6 Å². The van der Waals surface area contributed by atoms with E-state index in [-0.39, 0.29) is 0 Å². The number of hydrogen-bond donors (Lipinski definition) is 0. The molecule has 0 radical (unpaired) electrons. The van der Waals surface area contributed by atoms with E-state index in [1.54, 1.807) is 0 Å². The maximum atomic E-state index is 2.55. The molecule has 0 aliphatic carbocycles. The summed E-state index contributed by atoms with van der Waals surface area (Å²) in [6.45, 7) is 5.76. The van der Waals surface area contributed by atoms with Gasteiger partial charge in [-0.25, -0.2) is 0 Å². The molecule has 0 spiro atoms. The average Bonchev–Trinajstić information content (AvgIpc) is 2.38. The molecule has 0 bridgehead atoms. The normalized spacial score (nSPS) is 10.5. The Balaban J connectivity index is 2.20. The second-order valence-electron chi connectivity index (χ2n) is 4.54. The summed E-state index contributed by atoms with van der Waals surface area (Å²) in [7, 11) is -0.849. The van der Waals surface area contributed by atoms with Crippen molar-refractivity contribution in [3.63, 3.8) is 0 Å². The lowest BCUT2D eigenvalue weighted by Crippen LogP contribution is -2.33. The van der Waals surface area contributed by atoms with Gasteiger partial charge < -0.3 is 4.57 Å². The second kappa shape index (κ2) is 5.69. The van der Waals surface area contributed by atoms with Gasteiger partial charge in [-0.2, -0.15) is 0 Å². The van der Waals surface area contributed by atoms with Gasteiger partial charge in [0.2, 0.25) is 0 Å². The fourth-order valence-corrected chi connectivity index (χ4v) is 3.32. The highest BCUT2D eigenvalue weighted by molar-refractivity contribution is 6.60. The molecule has 0 unspecified atom stereocenters. The zero-order chi connectivity index (χ0) is 12.1. The molecule has 0 atom stereocenters. The molecule has 2 rings (SSSR count). The first kappa shape index (κ1) is 11.9. The summed E-state index contributed by atoms with van der Waals surface area (Å²) in [6.07, 6.45) is 0. The van der Waals surface area contributed by atoms with Gasteiger partial charge in [0.25, 0.3) is 0 Å². The summed E-state index contributed by atoms with van der Waals surface area (Å²) < 4.78 is 2.55. The Morgan fingerprint density at radius 3 is 1.88 bits per heavy atom. The SMILES string of the molecule is C[SiH](C)N(Cc1ccccc1)c1ccccc1. The van der Waals surface area contributed by atoms with Crippen molar-refractivity contribution in [2.24, 2.45) is 0 Å². The zero-order valence-electron chi connectivity index (χ0n) is 10.5. The van der Waals surface area contributed by atoms with E-state index >= 15 is 0 Å². The predicted octanol–water partition coefficient (Wildman–Crippen LogP) is 3.68. The Kier molecular flexibility index (Phi) is 3.99. The largest absolute Gasteiger partial charge is 0.397 e. The number of para-hydroxylation sites is 1. The third-order valence-electron chi connectivity index (χ3n) is 2.91. The van der Waals surface area contributed by atoms with Gasteiger partial charge in [0.15, 0.2) is 0 Å². The first-order valence-corrected chi connectivity index (χ1v) is 8.95. The van der Waals surface area contributed by atoms with E-state index in [2.05, 4.69) is 78.3 Å². The summed E-state index contributed by atoms with van der Waals surface area (Å²) in [4.78, 5) is 0. The van der Waals surface area contributed by atoms with Crippen LogP contribution in [0.25, 0.3) is 0 Å². The summed E-state index contributed by atoms with van der Waals surface area (Å²) >= 11 is 0. The van der Waals surface area contributed by atoms with Crippen LogP contribution in [0.1, 0.15) is 5.56 Å². The van der Waals surface area contributed by atoms with Crippen LogP contribution in [0.2, 0.25) is 13.1 Å². The van der Waals surface area contributed by atoms with Crippen LogP contribution in [0, 0.1) is 0 Å². The predicted molar refractivity (Wildman–Crippen MR) is 77.9 cm³/mol. The van der Waals surface area contributed by atoms with Crippen molar-refractivity contribution in [1.82, 2.24) is 0 Å². The Morgan fingerprint density at radius 1 is 0.824 bits per heavy atom. The number of benzene rings is 2. The number of hydrogen-bond acceptors (Lipinski definition) is 1. The Labute approximate surface area is 105 Å². The molecule has 0 saturated carbocycles. The maximum Gasteiger partial charge on any atom is 0.134 e. The minimum absolute atomic E-state index is 0.849. The lowest BCUT2D eigenvalue weighted by atomic mass is 10.2. The molecule has 0 amide bonds. The Hall–Kier alpha value is -1.54. The molecule has 17 heavy (non-hydrogen) atoms. The number of nitrogens with zero attached hydrogens (tertiary/aromatic N) is 1. The number of rotatable bonds is 4. The highest BCUT2D eigenvalue weighted by Crippen LogP contribution is 2.18. The van der Waals surface area contributed by atoms with E-state index in [9.17, 15) is 0 Å². The van der Waals surface area contributed by atoms with Crippen LogP contribution in [0.3, 0.4) is 0 Å². The Bertz CT molecular complexity index is 439. The molecular weight excluding hydrogens is 222 g/mol. The first-order valence-electron chi connectivity index (χ1n) is 6.13. The van der Waals surface area contributed by atoms with Crippen molar-refractivity contribution in [3.05, 3.63) is 66.2 Å². The fourth-order valence-electron chi connectivity index (χ4n) is 1.97. The second-order valence-corrected chi connectivity index (χ2v) is 7.35. The van der Waals surface area contributed by atoms with Gasteiger partial charge in [-0.15, -0.1) is 0 Å². The Morgan fingerprint density at radius 2 is 1.35 bits per heavy atom. The summed E-state index contributed by atoms with van der Waals surface area (Å²) in [5.74, 6) is 0. The van der Waals surface area contributed by atoms with E-state index in [4.69, 9.17) is 0 Å². The molecule has 2 aromatic carbocycles. The third kappa shape index (κ3) is 3.20. The molecular formula is C15H19NSi. The molecule has 0 N–H and O–H groups in total. The van der Waals surface area contributed by atoms with E-state index in [1.807, 2.05) is 0 Å². The maximum absolute atomic E-state index is 2.55. The van der Waals surface area contributed by atoms with E-state index in [0.717, 1.165) is 6.54 Å². The average molecular weight is 241 g/mol. The minimum atomic E-state index is -0.849. The van der Waals surface area contributed by atoms with Gasteiger partial charge in [0.05, 0.1) is 0 Å². The smallest absolute Gasteiger partial charge is 0.134 e. The van der Waals surface area contributed by atoms with Gasteiger partial charge in [-0.1, -0.05) is 61.6 Å². The van der Waals surface area contributed by atoms with Gasteiger partial charge in [-0.05, 0) is 17.7 Å². The lowest BCUT2D eigenvalue weighted by molar-refractivity contribution is 1.02. The molecule has 88 valence electrons. The van der Waals surface area contributed by atoms with E-state index in [1.165, 1.54) is 11.3 Å². The molecule has 0 aliphatic rings. The van der Waals surface area contributed by atoms with Crippen LogP contribution in [-0.2, 0) is 6.54 Å². The van der Waals surface area contributed by atoms with Crippen molar-refractivity contribution >= 4 is 14.6 Å². The fraction of sp³-hybridized carbons (Fsp3) is 0.200. The van der Waals surface area contributed by atoms with E-state index in [0.29, 0.717) is 0 Å². The molecule has 2 aromatic rings. The van der Waals surface area contributed by atoms with Crippen LogP contribution in [0.5, 0.6) is 0 Å². The summed E-state index contributed by atoms with van der Waals surface area (Å²) in [6, 6.07) is 21.4. The third-order valence-corrected chi connectivity index (χ3v) is 4.63. The van der Waals surface area contributed by atoms with Crippen molar-refractivity contribution in [3.8, 4) is 0 Å². The van der Waals surface area contributed by atoms with Crippen LogP contribution < -0.4 is 4.57 Å². The molecule has 0 aliphatic heterocycles. The monoisotopic (exact) mass is 241 g/mol. The van der Waals surface area contributed by atoms with Gasteiger partial charge in [0, 0.05) is 12.2 Å². The standard InChI is InChI=1S/C15H19NSi/c1-17(2)16(15-11-7-4-8-12-15)13-14-9-5-3-6-10-14/h3-12,17H,13H2,1-2H3. The van der Waals surface area contributed by atoms with Crippen molar-refractivity contribution < 1.29 is 0 Å². The molecule has 0 aromatic heterocycles. The van der Waals surface area contributed by atoms with Crippen LogP contribution in [-0.4, -0.2) is 8.96 Å². The number of anilines is 1. The molecule has 0 heterocycles. The van der Waals surface area contributed by atoms with E-state index < -0.39 is 8.96 Å². The quantitative estimate of drug-likeness (QED) is 0.738. The molecule has 2 heteroatoms. The minimum Gasteiger partial charge on any atom is -0.397 e. The molecule has 1 nitrogen and oxygen atoms in total. The van der Waals surface area contributed by atoms with Crippen LogP contribution >= 0.6 is 0 Å². The van der Waals surface area contributed by atoms with Gasteiger partial charge in [-0.3, -0.25) is 0 Å². The van der Waals surface area contributed by atoms with Crippen LogP contribution in [0.15, 0.2) is 60.7 Å². The molecule has 0 saturated heterocycles. The van der Waals surface area contributed by atoms with Crippen molar-refractivity contribution in [2.75, 3.05) is 4.57 Å². The topological polar surface area (TPSA) is 3.24 Å². The van der Waals surface area contributed by atoms with Crippen molar-refractivity contribution in [1.29, 1.82) is 0 Å². The lowest BCUT2D eigenvalue weighted by Gasteiger charge is -2.28. The van der Waals surface area contributed by atoms with Gasteiger partial charge in [0.1, 0.15) is 8.96 Å². The zero-order valence-corrected chi connectivity index (χ0v) is 11.7. The highest BCUT2D eigenvalue weighted by atomic mass is 28.3. The molecule has 0 fully saturated rings. The van der Waals surface area contributed by atoms with Gasteiger partial charge >= 0.3 is 0 Å². The van der Waals surface area contributed by atoms with Crippen LogP contribution in [0.4, 0.5) is 5.69 Å². The summed E-state index contributed by atoms with van der Waals surface area (Å²) in [5.41, 5.74) is 2.73.